The molecule has 4 rings (SSSR count). The fraction of sp³-hybridized carbons (Fsp3) is 0.462. The van der Waals surface area contributed by atoms with E-state index < -0.39 is 23.3 Å². The van der Waals surface area contributed by atoms with Crippen LogP contribution in [0.25, 0.3) is 10.4 Å². The number of primary amides is 1. The zero-order valence-corrected chi connectivity index (χ0v) is 21.1. The molecule has 2 amide bonds. The molecule has 0 bridgehead atoms. The molecule has 1 fully saturated rings. The number of aryl methyl sites for hydroxylation is 1. The third-order valence-corrected chi connectivity index (χ3v) is 7.67. The number of aromatic nitrogens is 2. The summed E-state index contributed by atoms with van der Waals surface area (Å²) in [6.07, 6.45) is 2.41. The summed E-state index contributed by atoms with van der Waals surface area (Å²) >= 11 is 1.61. The standard InChI is InChI=1S/C26H32N4O3S/c1-15-10-21(33-29-15)23(26(3,4)5)25(32)30-13-19(11-20(30)24(27)31)16(2)17-6-8-18(9-7-17)22-12-28-14-34-22/h6-10,12,14,16,19-20,23H,11,13H2,1-5H3,(H2,27,31)/t16-,19+,20+,23-/m1/s1. The number of nitrogens with zero attached hydrogens (tertiary/aromatic N) is 3. The maximum atomic E-state index is 13.8. The molecule has 3 aromatic rings. The molecule has 7 nitrogen and oxygen atoms in total. The molecular formula is C26H32N4O3S. The van der Waals surface area contributed by atoms with Crippen molar-refractivity contribution in [2.45, 2.75) is 58.9 Å². The van der Waals surface area contributed by atoms with Gasteiger partial charge in [0.1, 0.15) is 17.7 Å². The van der Waals surface area contributed by atoms with Crippen LogP contribution >= 0.6 is 11.3 Å². The van der Waals surface area contributed by atoms with E-state index in [9.17, 15) is 9.59 Å². The average Bonchev–Trinajstić information content (AvgIpc) is 3.53. The van der Waals surface area contributed by atoms with Gasteiger partial charge in [-0.1, -0.05) is 57.1 Å². The van der Waals surface area contributed by atoms with E-state index in [2.05, 4.69) is 41.3 Å². The van der Waals surface area contributed by atoms with E-state index in [-0.39, 0.29) is 17.7 Å². The van der Waals surface area contributed by atoms with Crippen LogP contribution in [0.1, 0.15) is 63.0 Å². The van der Waals surface area contributed by atoms with Gasteiger partial charge < -0.3 is 15.2 Å². The van der Waals surface area contributed by atoms with E-state index in [0.717, 1.165) is 16.1 Å². The van der Waals surface area contributed by atoms with Crippen molar-refractivity contribution >= 4 is 23.2 Å². The maximum absolute atomic E-state index is 13.8. The van der Waals surface area contributed by atoms with Gasteiger partial charge in [-0.15, -0.1) is 11.3 Å². The van der Waals surface area contributed by atoms with Crippen LogP contribution in [-0.4, -0.2) is 39.4 Å². The molecule has 8 heteroatoms. The highest BCUT2D eigenvalue weighted by molar-refractivity contribution is 7.13. The quantitative estimate of drug-likeness (QED) is 0.549. The molecular weight excluding hydrogens is 448 g/mol. The largest absolute Gasteiger partial charge is 0.368 e. The Morgan fingerprint density at radius 1 is 1.24 bits per heavy atom. The Labute approximate surface area is 204 Å². The van der Waals surface area contributed by atoms with Crippen LogP contribution in [0.2, 0.25) is 0 Å². The molecule has 34 heavy (non-hydrogen) atoms. The third-order valence-electron chi connectivity index (χ3n) is 6.85. The first kappa shape index (κ1) is 24.1. The lowest BCUT2D eigenvalue weighted by molar-refractivity contribution is -0.141. The molecule has 0 aliphatic carbocycles. The minimum Gasteiger partial charge on any atom is -0.368 e. The van der Waals surface area contributed by atoms with Crippen molar-refractivity contribution in [3.8, 4) is 10.4 Å². The van der Waals surface area contributed by atoms with Crippen molar-refractivity contribution in [2.24, 2.45) is 17.1 Å². The van der Waals surface area contributed by atoms with Gasteiger partial charge in [0, 0.05) is 18.8 Å². The molecule has 1 aromatic carbocycles. The summed E-state index contributed by atoms with van der Waals surface area (Å²) in [6, 6.07) is 9.62. The molecule has 4 atom stereocenters. The van der Waals surface area contributed by atoms with Crippen LogP contribution in [0.4, 0.5) is 0 Å². The molecule has 0 spiro atoms. The zero-order valence-electron chi connectivity index (χ0n) is 20.3. The number of benzene rings is 1. The van der Waals surface area contributed by atoms with Gasteiger partial charge in [-0.05, 0) is 41.7 Å². The van der Waals surface area contributed by atoms with E-state index in [1.54, 1.807) is 22.3 Å². The van der Waals surface area contributed by atoms with Gasteiger partial charge in [0.05, 0.1) is 16.1 Å². The van der Waals surface area contributed by atoms with Gasteiger partial charge in [0.2, 0.25) is 11.8 Å². The van der Waals surface area contributed by atoms with Crippen molar-refractivity contribution in [3.63, 3.8) is 0 Å². The summed E-state index contributed by atoms with van der Waals surface area (Å²) in [5, 5.41) is 3.98. The Morgan fingerprint density at radius 3 is 2.47 bits per heavy atom. The summed E-state index contributed by atoms with van der Waals surface area (Å²) in [5.41, 5.74) is 10.2. The Morgan fingerprint density at radius 2 is 1.94 bits per heavy atom. The SMILES string of the molecule is Cc1cc([C@H](C(=O)N2C[C@@H]([C@H](C)c3ccc(-c4cncs4)cc3)C[C@H]2C(N)=O)C(C)(C)C)on1. The first-order valence-electron chi connectivity index (χ1n) is 11.6. The second-order valence-corrected chi connectivity index (χ2v) is 11.2. The molecule has 0 unspecified atom stereocenters. The van der Waals surface area contributed by atoms with Gasteiger partial charge in [0.15, 0.2) is 0 Å². The average molecular weight is 481 g/mol. The number of nitrogens with two attached hydrogens (primary N) is 1. The van der Waals surface area contributed by atoms with E-state index >= 15 is 0 Å². The lowest BCUT2D eigenvalue weighted by atomic mass is 9.78. The molecule has 3 heterocycles. The van der Waals surface area contributed by atoms with Gasteiger partial charge in [-0.25, -0.2) is 0 Å². The first-order chi connectivity index (χ1) is 16.1. The molecule has 0 radical (unpaired) electrons. The smallest absolute Gasteiger partial charge is 0.240 e. The Hall–Kier alpha value is -3.00. The van der Waals surface area contributed by atoms with Gasteiger partial charge in [-0.2, -0.15) is 0 Å². The van der Waals surface area contributed by atoms with Gasteiger partial charge in [-0.3, -0.25) is 14.6 Å². The number of carbonyl (C=O) groups is 2. The van der Waals surface area contributed by atoms with Crippen LogP contribution in [0.15, 0.2) is 46.6 Å². The number of hydrogen-bond donors (Lipinski definition) is 1. The van der Waals surface area contributed by atoms with Crippen LogP contribution in [0.5, 0.6) is 0 Å². The summed E-state index contributed by atoms with van der Waals surface area (Å²) in [6.45, 7) is 10.4. The normalized spacial score (nSPS) is 20.3. The highest BCUT2D eigenvalue weighted by atomic mass is 32.1. The van der Waals surface area contributed by atoms with Gasteiger partial charge >= 0.3 is 0 Å². The molecule has 2 N–H and O–H groups in total. The highest BCUT2D eigenvalue weighted by Gasteiger charge is 2.46. The molecule has 180 valence electrons. The Balaban J connectivity index is 1.57. The predicted octanol–water partition coefficient (Wildman–Crippen LogP) is 4.74. The molecule has 2 aromatic heterocycles. The van der Waals surface area contributed by atoms with Crippen LogP contribution in [0.3, 0.4) is 0 Å². The number of rotatable bonds is 6. The van der Waals surface area contributed by atoms with Crippen molar-refractivity contribution < 1.29 is 14.1 Å². The van der Waals surface area contributed by atoms with Crippen LogP contribution in [0, 0.1) is 18.3 Å². The van der Waals surface area contributed by atoms with Crippen molar-refractivity contribution in [1.29, 1.82) is 0 Å². The van der Waals surface area contributed by atoms with Gasteiger partial charge in [0.25, 0.3) is 0 Å². The Kier molecular flexibility index (Phi) is 6.62. The molecule has 0 saturated carbocycles. The summed E-state index contributed by atoms with van der Waals surface area (Å²) < 4.78 is 5.50. The van der Waals surface area contributed by atoms with Crippen LogP contribution < -0.4 is 5.73 Å². The number of thiazole rings is 1. The monoisotopic (exact) mass is 480 g/mol. The lowest BCUT2D eigenvalue weighted by Gasteiger charge is -2.33. The molecule has 1 saturated heterocycles. The highest BCUT2D eigenvalue weighted by Crippen LogP contribution is 2.41. The minimum absolute atomic E-state index is 0.118. The third kappa shape index (κ3) is 4.78. The lowest BCUT2D eigenvalue weighted by Crippen LogP contribution is -2.47. The number of amides is 2. The minimum atomic E-state index is -0.634. The number of likely N-dealkylation sites (tertiary alicyclic amines) is 1. The molecule has 1 aliphatic heterocycles. The second-order valence-electron chi connectivity index (χ2n) is 10.4. The van der Waals surface area contributed by atoms with E-state index in [4.69, 9.17) is 10.3 Å². The summed E-state index contributed by atoms with van der Waals surface area (Å²) in [5.74, 6) is -0.354. The fourth-order valence-corrected chi connectivity index (χ4v) is 5.56. The maximum Gasteiger partial charge on any atom is 0.240 e. The van der Waals surface area contributed by atoms with Crippen molar-refractivity contribution in [3.05, 3.63) is 59.1 Å². The topological polar surface area (TPSA) is 102 Å². The van der Waals surface area contributed by atoms with E-state index in [0.29, 0.717) is 18.7 Å². The Bertz CT molecular complexity index is 1150. The summed E-state index contributed by atoms with van der Waals surface area (Å²) in [7, 11) is 0. The first-order valence-corrected chi connectivity index (χ1v) is 12.5. The van der Waals surface area contributed by atoms with E-state index in [1.165, 1.54) is 5.56 Å². The number of hydrogen-bond acceptors (Lipinski definition) is 6. The predicted molar refractivity (Wildman–Crippen MR) is 132 cm³/mol. The van der Waals surface area contributed by atoms with E-state index in [1.807, 2.05) is 39.4 Å². The van der Waals surface area contributed by atoms with Crippen molar-refractivity contribution in [2.75, 3.05) is 6.54 Å². The second kappa shape index (κ2) is 9.33. The van der Waals surface area contributed by atoms with Crippen LogP contribution in [-0.2, 0) is 9.59 Å². The van der Waals surface area contributed by atoms with Crippen molar-refractivity contribution in [1.82, 2.24) is 15.0 Å². The fourth-order valence-electron chi connectivity index (χ4n) is 4.93. The summed E-state index contributed by atoms with van der Waals surface area (Å²) in [4.78, 5) is 33.2. The zero-order chi connectivity index (χ0) is 24.6. The molecule has 1 aliphatic rings. The number of carbonyl (C=O) groups excluding carboxylic acids is 2.